The molecule has 2 aliphatic rings. The van der Waals surface area contributed by atoms with Crippen LogP contribution in [0.25, 0.3) is 10.2 Å². The van der Waals surface area contributed by atoms with Crippen molar-refractivity contribution in [2.75, 3.05) is 37.3 Å². The lowest BCUT2D eigenvalue weighted by molar-refractivity contribution is 0.387. The summed E-state index contributed by atoms with van der Waals surface area (Å²) in [6.07, 6.45) is 4.73. The molecule has 0 N–H and O–H groups in total. The van der Waals surface area contributed by atoms with Crippen LogP contribution in [0.5, 0.6) is 0 Å². The smallest absolute Gasteiger partial charge is 0.211 e. The van der Waals surface area contributed by atoms with Crippen molar-refractivity contribution in [3.63, 3.8) is 0 Å². The Labute approximate surface area is 152 Å². The first-order valence-corrected chi connectivity index (χ1v) is 11.5. The molecule has 0 saturated carbocycles. The van der Waals surface area contributed by atoms with E-state index in [4.69, 9.17) is 4.98 Å². The second-order valence-electron chi connectivity index (χ2n) is 7.28. The van der Waals surface area contributed by atoms with Crippen molar-refractivity contribution in [3.05, 3.63) is 16.3 Å². The molecule has 0 amide bonds. The fourth-order valence-corrected chi connectivity index (χ4v) is 6.14. The summed E-state index contributed by atoms with van der Waals surface area (Å²) in [6.45, 7) is 6.66. The van der Waals surface area contributed by atoms with E-state index in [1.54, 1.807) is 4.31 Å². The summed E-state index contributed by atoms with van der Waals surface area (Å²) >= 11 is 1.82. The molecule has 6 nitrogen and oxygen atoms in total. The number of anilines is 1. The summed E-state index contributed by atoms with van der Waals surface area (Å²) in [6, 6.07) is 0. The van der Waals surface area contributed by atoms with Crippen molar-refractivity contribution in [2.45, 2.75) is 33.1 Å². The molecule has 136 valence electrons. The van der Waals surface area contributed by atoms with Crippen LogP contribution in [0.2, 0.25) is 0 Å². The highest BCUT2D eigenvalue weighted by Crippen LogP contribution is 2.41. The van der Waals surface area contributed by atoms with E-state index in [2.05, 4.69) is 16.8 Å². The fourth-order valence-electron chi connectivity index (χ4n) is 3.89. The Morgan fingerprint density at radius 3 is 2.56 bits per heavy atom. The topological polar surface area (TPSA) is 66.4 Å². The van der Waals surface area contributed by atoms with Gasteiger partial charge in [-0.25, -0.2) is 18.4 Å². The van der Waals surface area contributed by atoms with Gasteiger partial charge in [-0.1, -0.05) is 6.92 Å². The van der Waals surface area contributed by atoms with Crippen LogP contribution < -0.4 is 4.90 Å². The maximum absolute atomic E-state index is 11.8. The summed E-state index contributed by atoms with van der Waals surface area (Å²) in [7, 11) is -3.12. The summed E-state index contributed by atoms with van der Waals surface area (Å²) in [4.78, 5) is 14.2. The molecule has 1 atom stereocenters. The van der Waals surface area contributed by atoms with Crippen molar-refractivity contribution in [1.82, 2.24) is 14.3 Å². The summed E-state index contributed by atoms with van der Waals surface area (Å²) < 4.78 is 25.1. The largest absolute Gasteiger partial charge is 0.353 e. The normalized spacial score (nSPS) is 22.4. The Balaban J connectivity index is 1.73. The number of piperazine rings is 1. The Morgan fingerprint density at radius 2 is 1.88 bits per heavy atom. The summed E-state index contributed by atoms with van der Waals surface area (Å²) in [5.74, 6) is 2.53. The number of sulfonamides is 1. The lowest BCUT2D eigenvalue weighted by atomic mass is 9.89. The van der Waals surface area contributed by atoms with Gasteiger partial charge in [0.1, 0.15) is 16.5 Å². The number of hydrogen-bond acceptors (Lipinski definition) is 6. The minimum Gasteiger partial charge on any atom is -0.353 e. The van der Waals surface area contributed by atoms with Crippen LogP contribution in [0.3, 0.4) is 0 Å². The molecule has 4 rings (SSSR count). The minimum absolute atomic E-state index is 0.521. The lowest BCUT2D eigenvalue weighted by Gasteiger charge is -2.34. The number of aryl methyl sites for hydroxylation is 2. The van der Waals surface area contributed by atoms with Crippen LogP contribution in [0.4, 0.5) is 5.82 Å². The minimum atomic E-state index is -3.12. The molecule has 1 saturated heterocycles. The summed E-state index contributed by atoms with van der Waals surface area (Å²) in [5.41, 5.74) is 1.43. The summed E-state index contributed by atoms with van der Waals surface area (Å²) in [5, 5.41) is 1.21. The standard InChI is InChI=1S/C17H24N4O2S2/c1-11-4-5-13-14(10-11)24-17-15(13)16(18-12(2)19-17)20-6-8-21(9-7-20)25(3,22)23/h11H,4-10H2,1-3H3/t11-/m0/s1. The van der Waals surface area contributed by atoms with Gasteiger partial charge in [0, 0.05) is 31.1 Å². The lowest BCUT2D eigenvalue weighted by Crippen LogP contribution is -2.48. The Morgan fingerprint density at radius 1 is 1.16 bits per heavy atom. The van der Waals surface area contributed by atoms with Gasteiger partial charge in [-0.05, 0) is 37.7 Å². The highest BCUT2D eigenvalue weighted by Gasteiger charge is 2.29. The Bertz CT molecular complexity index is 914. The monoisotopic (exact) mass is 380 g/mol. The Hall–Kier alpha value is -1.25. The molecule has 0 aromatic carbocycles. The first-order chi connectivity index (χ1) is 11.8. The second-order valence-corrected chi connectivity index (χ2v) is 10.3. The van der Waals surface area contributed by atoms with Crippen LogP contribution in [-0.4, -0.2) is 55.1 Å². The molecule has 1 aliphatic heterocycles. The van der Waals surface area contributed by atoms with E-state index in [1.807, 2.05) is 18.3 Å². The van der Waals surface area contributed by atoms with Crippen molar-refractivity contribution < 1.29 is 8.42 Å². The van der Waals surface area contributed by atoms with Gasteiger partial charge >= 0.3 is 0 Å². The molecule has 25 heavy (non-hydrogen) atoms. The van der Waals surface area contributed by atoms with E-state index >= 15 is 0 Å². The van der Waals surface area contributed by atoms with Crippen molar-refractivity contribution in [2.24, 2.45) is 5.92 Å². The zero-order valence-corrected chi connectivity index (χ0v) is 16.6. The van der Waals surface area contributed by atoms with Gasteiger partial charge < -0.3 is 4.90 Å². The Kier molecular flexibility index (Phi) is 4.24. The molecule has 1 aliphatic carbocycles. The maximum Gasteiger partial charge on any atom is 0.211 e. The first kappa shape index (κ1) is 17.2. The third kappa shape index (κ3) is 3.15. The average molecular weight is 381 g/mol. The van der Waals surface area contributed by atoms with E-state index < -0.39 is 10.0 Å². The third-order valence-electron chi connectivity index (χ3n) is 5.25. The predicted octanol–water partition coefficient (Wildman–Crippen LogP) is 2.21. The molecule has 1 fully saturated rings. The molecule has 0 bridgehead atoms. The van der Waals surface area contributed by atoms with Crippen molar-refractivity contribution >= 4 is 37.4 Å². The van der Waals surface area contributed by atoms with Gasteiger partial charge in [-0.3, -0.25) is 0 Å². The highest BCUT2D eigenvalue weighted by molar-refractivity contribution is 7.88. The van der Waals surface area contributed by atoms with Crippen LogP contribution in [0.15, 0.2) is 0 Å². The van der Waals surface area contributed by atoms with E-state index in [0.717, 1.165) is 35.2 Å². The molecular weight excluding hydrogens is 356 g/mol. The maximum atomic E-state index is 11.8. The zero-order chi connectivity index (χ0) is 17.8. The van der Waals surface area contributed by atoms with Crippen LogP contribution in [-0.2, 0) is 22.9 Å². The number of hydrogen-bond donors (Lipinski definition) is 0. The SMILES string of the molecule is Cc1nc(N2CCN(S(C)(=O)=O)CC2)c2c3c(sc2n1)C[C@@H](C)CC3. The van der Waals surface area contributed by atoms with Gasteiger partial charge in [-0.2, -0.15) is 4.31 Å². The van der Waals surface area contributed by atoms with E-state index in [9.17, 15) is 8.42 Å². The molecule has 0 unspecified atom stereocenters. The number of nitrogens with zero attached hydrogens (tertiary/aromatic N) is 4. The number of aromatic nitrogens is 2. The molecule has 0 spiro atoms. The van der Waals surface area contributed by atoms with Crippen LogP contribution in [0.1, 0.15) is 29.6 Å². The van der Waals surface area contributed by atoms with Gasteiger partial charge in [0.2, 0.25) is 10.0 Å². The van der Waals surface area contributed by atoms with E-state index in [-0.39, 0.29) is 0 Å². The first-order valence-electron chi connectivity index (χ1n) is 8.82. The second kappa shape index (κ2) is 6.17. The molecular formula is C17H24N4O2S2. The number of rotatable bonds is 2. The van der Waals surface area contributed by atoms with Crippen molar-refractivity contribution in [1.29, 1.82) is 0 Å². The number of fused-ring (bicyclic) bond motifs is 3. The van der Waals surface area contributed by atoms with Gasteiger partial charge in [-0.15, -0.1) is 11.3 Å². The molecule has 3 heterocycles. The molecule has 2 aromatic rings. The van der Waals surface area contributed by atoms with Crippen molar-refractivity contribution in [3.8, 4) is 0 Å². The predicted molar refractivity (Wildman–Crippen MR) is 102 cm³/mol. The quantitative estimate of drug-likeness (QED) is 0.799. The molecule has 8 heteroatoms. The molecule has 0 radical (unpaired) electrons. The number of thiophene rings is 1. The van der Waals surface area contributed by atoms with Crippen LogP contribution in [0, 0.1) is 12.8 Å². The zero-order valence-electron chi connectivity index (χ0n) is 14.9. The third-order valence-corrected chi connectivity index (χ3v) is 7.71. The van der Waals surface area contributed by atoms with E-state index in [1.165, 1.54) is 28.5 Å². The van der Waals surface area contributed by atoms with Gasteiger partial charge in [0.15, 0.2) is 0 Å². The van der Waals surface area contributed by atoms with Gasteiger partial charge in [0.25, 0.3) is 0 Å². The average Bonchev–Trinajstić information content (AvgIpc) is 2.90. The highest BCUT2D eigenvalue weighted by atomic mass is 32.2. The van der Waals surface area contributed by atoms with Crippen LogP contribution >= 0.6 is 11.3 Å². The fraction of sp³-hybridized carbons (Fsp3) is 0.647. The van der Waals surface area contributed by atoms with Gasteiger partial charge in [0.05, 0.1) is 11.6 Å². The molecule has 2 aromatic heterocycles. The van der Waals surface area contributed by atoms with E-state index in [0.29, 0.717) is 26.2 Å².